The molecular weight excluding hydrogens is 236 g/mol. The van der Waals surface area contributed by atoms with Gasteiger partial charge >= 0.3 is 0 Å². The summed E-state index contributed by atoms with van der Waals surface area (Å²) in [4.78, 5) is 13.0. The van der Waals surface area contributed by atoms with Gasteiger partial charge in [0.2, 0.25) is 0 Å². The van der Waals surface area contributed by atoms with Gasteiger partial charge in [0.25, 0.3) is 0 Å². The van der Waals surface area contributed by atoms with Crippen molar-refractivity contribution in [2.24, 2.45) is 0 Å². The Morgan fingerprint density at radius 1 is 1.00 bits per heavy atom. The van der Waals surface area contributed by atoms with Crippen LogP contribution in [0.3, 0.4) is 0 Å². The van der Waals surface area contributed by atoms with Gasteiger partial charge in [-0.3, -0.25) is 0 Å². The summed E-state index contributed by atoms with van der Waals surface area (Å²) < 4.78 is 0. The highest BCUT2D eigenvalue weighted by Crippen LogP contribution is 2.21. The van der Waals surface area contributed by atoms with Crippen molar-refractivity contribution >= 4 is 17.4 Å². The minimum absolute atomic E-state index is 0.487. The van der Waals surface area contributed by atoms with E-state index in [1.54, 1.807) is 0 Å². The molecule has 0 bridgehead atoms. The lowest BCUT2D eigenvalue weighted by molar-refractivity contribution is 0.401. The Balaban J connectivity index is 2.68. The molecule has 1 heterocycles. The van der Waals surface area contributed by atoms with E-state index >= 15 is 0 Å². The van der Waals surface area contributed by atoms with Gasteiger partial charge in [-0.05, 0) is 40.9 Å². The zero-order valence-electron chi connectivity index (χ0n) is 11.3. The molecule has 0 spiro atoms. The number of nitrogens with zero attached hydrogens (tertiary/aromatic N) is 4. The van der Waals surface area contributed by atoms with Crippen molar-refractivity contribution < 1.29 is 0 Å². The van der Waals surface area contributed by atoms with Gasteiger partial charge in [0.1, 0.15) is 0 Å². The third-order valence-corrected chi connectivity index (χ3v) is 2.96. The maximum Gasteiger partial charge on any atom is 0.171 e. The summed E-state index contributed by atoms with van der Waals surface area (Å²) in [5, 5.41) is 0.487. The Morgan fingerprint density at radius 3 is 2.18 bits per heavy atom. The summed E-state index contributed by atoms with van der Waals surface area (Å²) in [6.07, 6.45) is 1.08. The first-order valence-corrected chi connectivity index (χ1v) is 6.16. The molecule has 1 rings (SSSR count). The largest absolute Gasteiger partial charge is 0.357 e. The van der Waals surface area contributed by atoms with Crippen LogP contribution in [0.25, 0.3) is 0 Å². The van der Waals surface area contributed by atoms with Crippen LogP contribution in [0.15, 0.2) is 0 Å². The van der Waals surface area contributed by atoms with Crippen LogP contribution in [-0.2, 0) is 0 Å². The lowest BCUT2D eigenvalue weighted by Crippen LogP contribution is -2.24. The fourth-order valence-electron chi connectivity index (χ4n) is 1.54. The molecule has 0 aliphatic carbocycles. The van der Waals surface area contributed by atoms with Gasteiger partial charge in [0.15, 0.2) is 11.0 Å². The summed E-state index contributed by atoms with van der Waals surface area (Å²) in [5.41, 5.74) is 1.82. The summed E-state index contributed by atoms with van der Waals surface area (Å²) >= 11 is 6.11. The lowest BCUT2D eigenvalue weighted by atomic mass is 10.3. The fourth-order valence-corrected chi connectivity index (χ4v) is 1.85. The molecular formula is C12H21ClN4. The molecule has 1 aromatic rings. The molecule has 0 amide bonds. The van der Waals surface area contributed by atoms with E-state index in [0.717, 1.165) is 36.7 Å². The maximum absolute atomic E-state index is 6.11. The van der Waals surface area contributed by atoms with Crippen LogP contribution in [-0.4, -0.2) is 49.1 Å². The second-order valence-corrected chi connectivity index (χ2v) is 4.95. The molecule has 96 valence electrons. The van der Waals surface area contributed by atoms with Gasteiger partial charge in [0.05, 0.1) is 11.4 Å². The molecule has 0 saturated heterocycles. The van der Waals surface area contributed by atoms with Gasteiger partial charge in [-0.25, -0.2) is 9.97 Å². The topological polar surface area (TPSA) is 32.3 Å². The van der Waals surface area contributed by atoms with Crippen molar-refractivity contribution in [2.75, 3.05) is 39.1 Å². The van der Waals surface area contributed by atoms with Crippen LogP contribution in [0, 0.1) is 13.8 Å². The van der Waals surface area contributed by atoms with Gasteiger partial charge in [-0.2, -0.15) is 0 Å². The van der Waals surface area contributed by atoms with Crippen molar-refractivity contribution in [3.8, 4) is 0 Å². The van der Waals surface area contributed by atoms with Crippen molar-refractivity contribution in [2.45, 2.75) is 20.3 Å². The summed E-state index contributed by atoms with van der Waals surface area (Å²) in [7, 11) is 6.14. The Labute approximate surface area is 109 Å². The smallest absolute Gasteiger partial charge is 0.171 e. The molecule has 0 aliphatic rings. The van der Waals surface area contributed by atoms with E-state index in [4.69, 9.17) is 11.6 Å². The highest BCUT2D eigenvalue weighted by molar-refractivity contribution is 6.31. The van der Waals surface area contributed by atoms with Crippen molar-refractivity contribution in [3.05, 3.63) is 16.5 Å². The molecule has 0 radical (unpaired) electrons. The molecule has 1 aromatic heterocycles. The minimum Gasteiger partial charge on any atom is -0.357 e. The molecule has 0 N–H and O–H groups in total. The number of halogens is 1. The Morgan fingerprint density at radius 2 is 1.59 bits per heavy atom. The first kappa shape index (κ1) is 14.2. The van der Waals surface area contributed by atoms with Crippen LogP contribution in [0.2, 0.25) is 5.15 Å². The van der Waals surface area contributed by atoms with Gasteiger partial charge in [0, 0.05) is 13.6 Å². The van der Waals surface area contributed by atoms with E-state index in [0.29, 0.717) is 5.15 Å². The number of aryl methyl sites for hydroxylation is 2. The van der Waals surface area contributed by atoms with Crippen molar-refractivity contribution in [1.82, 2.24) is 14.9 Å². The van der Waals surface area contributed by atoms with Crippen LogP contribution in [0.4, 0.5) is 5.82 Å². The Hall–Kier alpha value is -0.870. The van der Waals surface area contributed by atoms with Crippen LogP contribution >= 0.6 is 11.6 Å². The first-order chi connectivity index (χ1) is 7.91. The normalized spacial score (nSPS) is 11.0. The number of rotatable bonds is 5. The zero-order chi connectivity index (χ0) is 13.0. The van der Waals surface area contributed by atoms with Crippen molar-refractivity contribution in [1.29, 1.82) is 0 Å². The molecule has 0 fully saturated rings. The van der Waals surface area contributed by atoms with Crippen molar-refractivity contribution in [3.63, 3.8) is 0 Å². The second kappa shape index (κ2) is 6.17. The van der Waals surface area contributed by atoms with E-state index < -0.39 is 0 Å². The molecule has 4 nitrogen and oxygen atoms in total. The quantitative estimate of drug-likeness (QED) is 0.808. The molecule has 0 unspecified atom stereocenters. The van der Waals surface area contributed by atoms with Gasteiger partial charge in [-0.1, -0.05) is 11.6 Å². The number of anilines is 1. The van der Waals surface area contributed by atoms with E-state index in [1.165, 1.54) is 0 Å². The van der Waals surface area contributed by atoms with Gasteiger partial charge in [-0.15, -0.1) is 0 Å². The molecule has 5 heteroatoms. The standard InChI is InChI=1S/C12H21ClN4/c1-9-10(2)15-12(11(13)14-9)17(5)8-6-7-16(3)4/h6-8H2,1-5H3. The molecule has 0 atom stereocenters. The van der Waals surface area contributed by atoms with E-state index in [2.05, 4.69) is 33.9 Å². The highest BCUT2D eigenvalue weighted by atomic mass is 35.5. The van der Waals surface area contributed by atoms with E-state index in [1.807, 2.05) is 20.9 Å². The number of hydrogen-bond acceptors (Lipinski definition) is 4. The Bertz CT molecular complexity index is 379. The summed E-state index contributed by atoms with van der Waals surface area (Å²) in [5.74, 6) is 0.772. The zero-order valence-corrected chi connectivity index (χ0v) is 12.0. The first-order valence-electron chi connectivity index (χ1n) is 5.78. The highest BCUT2D eigenvalue weighted by Gasteiger charge is 2.11. The van der Waals surface area contributed by atoms with Crippen LogP contribution in [0.5, 0.6) is 0 Å². The third kappa shape index (κ3) is 4.13. The molecule has 17 heavy (non-hydrogen) atoms. The fraction of sp³-hybridized carbons (Fsp3) is 0.667. The Kier molecular flexibility index (Phi) is 5.15. The predicted molar refractivity (Wildman–Crippen MR) is 73.0 cm³/mol. The van der Waals surface area contributed by atoms with E-state index in [9.17, 15) is 0 Å². The maximum atomic E-state index is 6.11. The number of aromatic nitrogens is 2. The predicted octanol–water partition coefficient (Wildman–Crippen LogP) is 2.13. The monoisotopic (exact) mass is 256 g/mol. The average Bonchev–Trinajstić information content (AvgIpc) is 2.22. The SMILES string of the molecule is Cc1nc(Cl)c(N(C)CCCN(C)C)nc1C. The van der Waals surface area contributed by atoms with Crippen LogP contribution in [0.1, 0.15) is 17.8 Å². The third-order valence-electron chi connectivity index (χ3n) is 2.71. The lowest BCUT2D eigenvalue weighted by Gasteiger charge is -2.20. The molecule has 0 aliphatic heterocycles. The minimum atomic E-state index is 0.487. The van der Waals surface area contributed by atoms with E-state index in [-0.39, 0.29) is 0 Å². The van der Waals surface area contributed by atoms with Gasteiger partial charge < -0.3 is 9.80 Å². The number of hydrogen-bond donors (Lipinski definition) is 0. The summed E-state index contributed by atoms with van der Waals surface area (Å²) in [6.45, 7) is 5.86. The average molecular weight is 257 g/mol. The second-order valence-electron chi connectivity index (χ2n) is 4.59. The molecule has 0 saturated carbocycles. The summed E-state index contributed by atoms with van der Waals surface area (Å²) in [6, 6.07) is 0. The van der Waals surface area contributed by atoms with Crippen LogP contribution < -0.4 is 4.90 Å². The molecule has 0 aromatic carbocycles.